The molecule has 2 aromatic heterocycles. The molecule has 0 saturated heterocycles. The highest BCUT2D eigenvalue weighted by atomic mass is 32.1. The van der Waals surface area contributed by atoms with Gasteiger partial charge < -0.3 is 4.74 Å². The van der Waals surface area contributed by atoms with Gasteiger partial charge in [-0.3, -0.25) is 4.79 Å². The lowest BCUT2D eigenvalue weighted by Crippen LogP contribution is -2.23. The van der Waals surface area contributed by atoms with Crippen LogP contribution in [0.15, 0.2) is 53.3 Å². The van der Waals surface area contributed by atoms with E-state index < -0.39 is 0 Å². The first-order chi connectivity index (χ1) is 13.6. The number of benzene rings is 2. The molecule has 0 aliphatic carbocycles. The predicted molar refractivity (Wildman–Crippen MR) is 108 cm³/mol. The van der Waals surface area contributed by atoms with E-state index in [1.165, 1.54) is 28.0 Å². The first kappa shape index (κ1) is 18.3. The molecule has 2 heterocycles. The minimum absolute atomic E-state index is 0.234. The van der Waals surface area contributed by atoms with Crippen molar-refractivity contribution >= 4 is 22.4 Å². The molecule has 5 nitrogen and oxygen atoms in total. The second-order valence-electron chi connectivity index (χ2n) is 6.32. The van der Waals surface area contributed by atoms with Gasteiger partial charge in [-0.25, -0.2) is 4.39 Å². The van der Waals surface area contributed by atoms with E-state index >= 15 is 0 Å². The van der Waals surface area contributed by atoms with Gasteiger partial charge in [0.05, 0.1) is 11.1 Å². The lowest BCUT2D eigenvalue weighted by molar-refractivity contribution is 0.309. The molecule has 142 valence electrons. The highest BCUT2D eigenvalue weighted by Crippen LogP contribution is 2.20. The summed E-state index contributed by atoms with van der Waals surface area (Å²) in [5, 5.41) is 4.35. The van der Waals surface area contributed by atoms with Crippen LogP contribution in [0.3, 0.4) is 0 Å². The molecule has 0 spiro atoms. The molecule has 0 unspecified atom stereocenters. The monoisotopic (exact) mass is 395 g/mol. The van der Waals surface area contributed by atoms with E-state index in [1.54, 1.807) is 18.2 Å². The Balaban J connectivity index is 1.61. The van der Waals surface area contributed by atoms with Crippen molar-refractivity contribution in [2.24, 2.45) is 0 Å². The molecule has 0 bridgehead atoms. The number of aromatic nitrogens is 3. The zero-order chi connectivity index (χ0) is 19.5. The number of hydrogen-bond acceptors (Lipinski definition) is 5. The quantitative estimate of drug-likeness (QED) is 0.467. The van der Waals surface area contributed by atoms with Gasteiger partial charge in [0.1, 0.15) is 11.6 Å². The summed E-state index contributed by atoms with van der Waals surface area (Å²) in [6, 6.07) is 13.5. The van der Waals surface area contributed by atoms with Crippen LogP contribution in [-0.2, 0) is 0 Å². The average molecular weight is 395 g/mol. The zero-order valence-electron chi connectivity index (χ0n) is 15.3. The highest BCUT2D eigenvalue weighted by Gasteiger charge is 2.12. The van der Waals surface area contributed by atoms with Crippen molar-refractivity contribution in [3.8, 4) is 17.1 Å². The van der Waals surface area contributed by atoms with Crippen molar-refractivity contribution in [3.63, 3.8) is 0 Å². The maximum Gasteiger partial charge on any atom is 0.291 e. The summed E-state index contributed by atoms with van der Waals surface area (Å²) in [5.74, 6) is 0.990. The Morgan fingerprint density at radius 1 is 1.14 bits per heavy atom. The number of hydrogen-bond donors (Lipinski definition) is 0. The molecule has 0 radical (unpaired) electrons. The molecular formula is C21H18FN3O2S. The number of unbranched alkanes of at least 4 members (excludes halogenated alkanes) is 1. The van der Waals surface area contributed by atoms with Crippen LogP contribution < -0.4 is 14.8 Å². The summed E-state index contributed by atoms with van der Waals surface area (Å²) in [6.45, 7) is 2.82. The third-order valence-corrected chi connectivity index (χ3v) is 5.19. The van der Waals surface area contributed by atoms with Gasteiger partial charge in [0.15, 0.2) is 5.82 Å². The topological polar surface area (TPSA) is 56.5 Å². The van der Waals surface area contributed by atoms with Crippen molar-refractivity contribution < 1.29 is 9.13 Å². The van der Waals surface area contributed by atoms with Crippen LogP contribution in [0.1, 0.15) is 25.3 Å². The maximum atomic E-state index is 13.0. The molecule has 0 atom stereocenters. The number of thiazole rings is 1. The number of fused-ring (bicyclic) bond motifs is 1. The summed E-state index contributed by atoms with van der Waals surface area (Å²) in [5.41, 5.74) is 1.34. The summed E-state index contributed by atoms with van der Waals surface area (Å²) in [4.78, 5) is 17.6. The fraction of sp³-hybridized carbons (Fsp3) is 0.190. The van der Waals surface area contributed by atoms with Crippen molar-refractivity contribution in [1.82, 2.24) is 14.6 Å². The molecule has 7 heteroatoms. The lowest BCUT2D eigenvalue weighted by atomic mass is 10.2. The van der Waals surface area contributed by atoms with E-state index in [-0.39, 0.29) is 11.4 Å². The molecule has 0 amide bonds. The number of ether oxygens (including phenoxy) is 1. The Morgan fingerprint density at radius 2 is 1.89 bits per heavy atom. The van der Waals surface area contributed by atoms with E-state index in [0.29, 0.717) is 21.9 Å². The van der Waals surface area contributed by atoms with Gasteiger partial charge in [0, 0.05) is 5.56 Å². The Labute approximate surface area is 164 Å². The van der Waals surface area contributed by atoms with E-state index in [1.807, 2.05) is 24.3 Å². The van der Waals surface area contributed by atoms with E-state index in [9.17, 15) is 9.18 Å². The molecular weight excluding hydrogens is 377 g/mol. The molecule has 2 aromatic carbocycles. The fourth-order valence-electron chi connectivity index (χ4n) is 2.70. The second kappa shape index (κ2) is 7.90. The van der Waals surface area contributed by atoms with Gasteiger partial charge in [-0.15, -0.1) is 5.10 Å². The van der Waals surface area contributed by atoms with Gasteiger partial charge in [-0.2, -0.15) is 9.50 Å². The Kier molecular flexibility index (Phi) is 5.16. The third-order valence-electron chi connectivity index (χ3n) is 4.23. The third kappa shape index (κ3) is 3.80. The van der Waals surface area contributed by atoms with E-state index in [0.717, 1.165) is 29.7 Å². The molecule has 0 aliphatic rings. The van der Waals surface area contributed by atoms with Crippen LogP contribution in [0, 0.1) is 5.82 Å². The molecule has 0 fully saturated rings. The average Bonchev–Trinajstić information content (AvgIpc) is 3.24. The van der Waals surface area contributed by atoms with Crippen LogP contribution in [0.25, 0.3) is 22.4 Å². The largest absolute Gasteiger partial charge is 0.494 e. The first-order valence-corrected chi connectivity index (χ1v) is 9.86. The van der Waals surface area contributed by atoms with Crippen LogP contribution in [0.5, 0.6) is 5.75 Å². The SMILES string of the molecule is CCCCOc1ccc(-c2nc3sc(=Cc4ccc(F)cc4)c(=O)n3n2)cc1. The summed E-state index contributed by atoms with van der Waals surface area (Å²) in [7, 11) is 0. The smallest absolute Gasteiger partial charge is 0.291 e. The standard InChI is InChI=1S/C21H18FN3O2S/c1-2-3-12-27-17-10-6-15(7-11-17)19-23-21-25(24-19)20(26)18(28-21)13-14-4-8-16(22)9-5-14/h4-11,13H,2-3,12H2,1H3. The van der Waals surface area contributed by atoms with Gasteiger partial charge in [0.25, 0.3) is 5.56 Å². The zero-order valence-corrected chi connectivity index (χ0v) is 16.1. The van der Waals surface area contributed by atoms with Gasteiger partial charge in [-0.05, 0) is 54.5 Å². The van der Waals surface area contributed by atoms with Crippen LogP contribution in [0.4, 0.5) is 4.39 Å². The molecule has 0 aliphatic heterocycles. The Hall–Kier alpha value is -3.06. The number of nitrogens with zero attached hydrogens (tertiary/aromatic N) is 3. The second-order valence-corrected chi connectivity index (χ2v) is 7.33. The van der Waals surface area contributed by atoms with Crippen LogP contribution in [0.2, 0.25) is 0 Å². The number of halogens is 1. The van der Waals surface area contributed by atoms with Crippen molar-refractivity contribution in [1.29, 1.82) is 0 Å². The van der Waals surface area contributed by atoms with Crippen LogP contribution in [-0.4, -0.2) is 21.2 Å². The highest BCUT2D eigenvalue weighted by molar-refractivity contribution is 7.15. The normalized spacial score (nSPS) is 12.0. The molecule has 0 N–H and O–H groups in total. The van der Waals surface area contributed by atoms with Gasteiger partial charge >= 0.3 is 0 Å². The lowest BCUT2D eigenvalue weighted by Gasteiger charge is -2.05. The predicted octanol–water partition coefficient (Wildman–Crippen LogP) is 3.68. The van der Waals surface area contributed by atoms with Crippen molar-refractivity contribution in [2.45, 2.75) is 19.8 Å². The molecule has 28 heavy (non-hydrogen) atoms. The minimum atomic E-state index is -0.312. The van der Waals surface area contributed by atoms with E-state index in [2.05, 4.69) is 17.0 Å². The minimum Gasteiger partial charge on any atom is -0.494 e. The van der Waals surface area contributed by atoms with Crippen molar-refractivity contribution in [2.75, 3.05) is 6.61 Å². The summed E-state index contributed by atoms with van der Waals surface area (Å²) < 4.78 is 20.5. The Bertz CT molecular complexity index is 1200. The van der Waals surface area contributed by atoms with Crippen molar-refractivity contribution in [3.05, 3.63) is 74.8 Å². The maximum absolute atomic E-state index is 13.0. The summed E-state index contributed by atoms with van der Waals surface area (Å²) >= 11 is 1.26. The molecule has 0 saturated carbocycles. The molecule has 4 aromatic rings. The Morgan fingerprint density at radius 3 is 2.57 bits per heavy atom. The number of rotatable bonds is 6. The fourth-order valence-corrected chi connectivity index (χ4v) is 3.61. The molecule has 4 rings (SSSR count). The van der Waals surface area contributed by atoms with Gasteiger partial charge in [0.2, 0.25) is 4.96 Å². The summed E-state index contributed by atoms with van der Waals surface area (Å²) in [6.07, 6.45) is 3.82. The first-order valence-electron chi connectivity index (χ1n) is 9.04. The van der Waals surface area contributed by atoms with Crippen LogP contribution >= 0.6 is 11.3 Å². The van der Waals surface area contributed by atoms with E-state index in [4.69, 9.17) is 4.74 Å². The van der Waals surface area contributed by atoms with Gasteiger partial charge in [-0.1, -0.05) is 36.8 Å².